The van der Waals surface area contributed by atoms with Crippen LogP contribution in [0.4, 0.5) is 11.4 Å². The Morgan fingerprint density at radius 2 is 1.62 bits per heavy atom. The minimum Gasteiger partial charge on any atom is -0.318 e. The van der Waals surface area contributed by atoms with Gasteiger partial charge in [0.05, 0.1) is 5.52 Å². The van der Waals surface area contributed by atoms with Gasteiger partial charge in [-0.05, 0) is 29.8 Å². The lowest BCUT2D eigenvalue weighted by molar-refractivity contribution is 0.781. The summed E-state index contributed by atoms with van der Waals surface area (Å²) in [6.07, 6.45) is 12.7. The molecule has 1 unspecified atom stereocenters. The van der Waals surface area contributed by atoms with Crippen LogP contribution in [0.1, 0.15) is 6.04 Å². The summed E-state index contributed by atoms with van der Waals surface area (Å²) in [6.45, 7) is 0. The highest BCUT2D eigenvalue weighted by Gasteiger charge is 2.37. The average molecular weight is 517 g/mol. The summed E-state index contributed by atoms with van der Waals surface area (Å²) in [5.74, 6) is 0. The second kappa shape index (κ2) is 7.85. The van der Waals surface area contributed by atoms with E-state index in [0.717, 1.165) is 11.3 Å². The number of thiophene rings is 1. The lowest BCUT2D eigenvalue weighted by atomic mass is 10.0. The molecule has 4 heteroatoms. The smallest absolute Gasteiger partial charge is 0.235 e. The molecule has 39 heavy (non-hydrogen) atoms. The van der Waals surface area contributed by atoms with Gasteiger partial charge in [-0.25, -0.2) is 0 Å². The predicted octanol–water partition coefficient (Wildman–Crippen LogP) is 9.18. The molecule has 0 spiro atoms. The molecule has 0 saturated carbocycles. The van der Waals surface area contributed by atoms with Crippen molar-refractivity contribution in [2.45, 2.75) is 6.04 Å². The Labute approximate surface area is 228 Å². The van der Waals surface area contributed by atoms with Crippen LogP contribution in [0.15, 0.2) is 128 Å². The molecule has 1 aliphatic heterocycles. The molecule has 9 rings (SSSR count). The van der Waals surface area contributed by atoms with Gasteiger partial charge in [0.25, 0.3) is 0 Å². The predicted molar refractivity (Wildman–Crippen MR) is 166 cm³/mol. The Balaban J connectivity index is 1.36. The number of nitrogens with zero attached hydrogens (tertiary/aromatic N) is 3. The number of hydrogen-bond acceptors (Lipinski definition) is 2. The zero-order valence-corrected chi connectivity index (χ0v) is 21.8. The molecule has 0 bridgehead atoms. The van der Waals surface area contributed by atoms with Crippen LogP contribution < -0.4 is 4.58 Å². The van der Waals surface area contributed by atoms with E-state index in [0.29, 0.717) is 0 Å². The third-order valence-electron chi connectivity index (χ3n) is 8.15. The zero-order valence-electron chi connectivity index (χ0n) is 21.0. The van der Waals surface area contributed by atoms with Crippen LogP contribution in [-0.4, -0.2) is 15.3 Å². The van der Waals surface area contributed by atoms with E-state index >= 15 is 0 Å². The van der Waals surface area contributed by atoms with Crippen LogP contribution in [0.2, 0.25) is 0 Å². The van der Waals surface area contributed by atoms with E-state index in [1.54, 1.807) is 0 Å². The maximum Gasteiger partial charge on any atom is 0.235 e. The lowest BCUT2D eigenvalue weighted by Gasteiger charge is -2.24. The van der Waals surface area contributed by atoms with Crippen molar-refractivity contribution in [1.82, 2.24) is 14.1 Å². The molecule has 182 valence electrons. The number of pyridine rings is 1. The molecule has 0 fully saturated rings. The van der Waals surface area contributed by atoms with Gasteiger partial charge in [-0.2, -0.15) is 4.58 Å². The van der Waals surface area contributed by atoms with Crippen LogP contribution in [0.3, 0.4) is 0 Å². The Morgan fingerprint density at radius 1 is 0.718 bits per heavy atom. The molecular weight excluding hydrogens is 494 g/mol. The number of benzene rings is 4. The lowest BCUT2D eigenvalue weighted by Crippen LogP contribution is -2.30. The summed E-state index contributed by atoms with van der Waals surface area (Å²) < 4.78 is 7.69. The number of rotatable bonds is 2. The summed E-state index contributed by atoms with van der Waals surface area (Å²) in [5, 5.41) is 5.30. The number of allylic oxidation sites excluding steroid dienone is 4. The maximum absolute atomic E-state index is 4.35. The minimum atomic E-state index is 0.110. The quantitative estimate of drug-likeness (QED) is 0.210. The molecule has 0 radical (unpaired) electrons. The Bertz CT molecular complexity index is 2230. The van der Waals surface area contributed by atoms with Crippen molar-refractivity contribution >= 4 is 70.4 Å². The molecule has 1 aliphatic carbocycles. The van der Waals surface area contributed by atoms with Crippen LogP contribution in [0.25, 0.3) is 53.1 Å². The van der Waals surface area contributed by atoms with Gasteiger partial charge in [0.15, 0.2) is 0 Å². The molecule has 1 atom stereocenters. The van der Waals surface area contributed by atoms with E-state index in [1.807, 2.05) is 29.8 Å². The molecule has 0 amide bonds. The van der Waals surface area contributed by atoms with Crippen molar-refractivity contribution in [3.63, 3.8) is 0 Å². The van der Waals surface area contributed by atoms with E-state index in [4.69, 9.17) is 0 Å². The Morgan fingerprint density at radius 3 is 2.56 bits per heavy atom. The van der Waals surface area contributed by atoms with Crippen LogP contribution in [0, 0.1) is 0 Å². The Hall–Kier alpha value is -4.80. The summed E-state index contributed by atoms with van der Waals surface area (Å²) in [6, 6.07) is 33.4. The largest absolute Gasteiger partial charge is 0.318 e. The van der Waals surface area contributed by atoms with Crippen molar-refractivity contribution in [1.29, 1.82) is 0 Å². The average Bonchev–Trinajstić information content (AvgIpc) is 3.53. The second-order valence-electron chi connectivity index (χ2n) is 10.2. The Kier molecular flexibility index (Phi) is 4.26. The van der Waals surface area contributed by atoms with Crippen molar-refractivity contribution in [3.05, 3.63) is 128 Å². The highest BCUT2D eigenvalue weighted by atomic mass is 32.1. The molecule has 3 aromatic heterocycles. The first kappa shape index (κ1) is 21.2. The molecule has 2 aliphatic rings. The molecule has 3 nitrogen and oxygen atoms in total. The molecule has 4 aromatic carbocycles. The number of hydrogen-bond donors (Lipinski definition) is 0. The number of para-hydroxylation sites is 1. The van der Waals surface area contributed by atoms with Crippen LogP contribution in [-0.2, 0) is 0 Å². The third kappa shape index (κ3) is 2.92. The molecule has 4 heterocycles. The molecule has 7 aromatic rings. The van der Waals surface area contributed by atoms with Crippen molar-refractivity contribution in [2.75, 3.05) is 0 Å². The maximum atomic E-state index is 4.35. The summed E-state index contributed by atoms with van der Waals surface area (Å²) in [7, 11) is 0. The topological polar surface area (TPSA) is 20.8 Å². The molecule has 0 saturated heterocycles. The van der Waals surface area contributed by atoms with E-state index < -0.39 is 0 Å². The van der Waals surface area contributed by atoms with Gasteiger partial charge in [-0.3, -0.25) is 4.98 Å². The van der Waals surface area contributed by atoms with Gasteiger partial charge in [-0.15, -0.1) is 11.3 Å². The van der Waals surface area contributed by atoms with Crippen LogP contribution >= 0.6 is 11.3 Å². The fourth-order valence-corrected chi connectivity index (χ4v) is 7.62. The normalized spacial score (nSPS) is 16.2. The van der Waals surface area contributed by atoms with Gasteiger partial charge in [0.2, 0.25) is 17.1 Å². The summed E-state index contributed by atoms with van der Waals surface area (Å²) >= 11 is 1.89. The van der Waals surface area contributed by atoms with Gasteiger partial charge >= 0.3 is 0 Å². The highest BCUT2D eigenvalue weighted by molar-refractivity contribution is 7.25. The van der Waals surface area contributed by atoms with Crippen molar-refractivity contribution in [2.24, 2.45) is 0 Å². The van der Waals surface area contributed by atoms with E-state index in [-0.39, 0.29) is 6.04 Å². The minimum absolute atomic E-state index is 0.110. The first-order valence-electron chi connectivity index (χ1n) is 13.3. The molecular formula is C35H22N3S+. The fraction of sp³-hybridized carbons (Fsp3) is 0.0286. The van der Waals surface area contributed by atoms with E-state index in [2.05, 4.69) is 123 Å². The first-order chi connectivity index (χ1) is 19.3. The summed E-state index contributed by atoms with van der Waals surface area (Å²) in [4.78, 5) is 4.35. The second-order valence-corrected chi connectivity index (χ2v) is 11.3. The third-order valence-corrected chi connectivity index (χ3v) is 9.28. The summed E-state index contributed by atoms with van der Waals surface area (Å²) in [5.41, 5.74) is 8.50. The van der Waals surface area contributed by atoms with Crippen LogP contribution in [0.5, 0.6) is 0 Å². The first-order valence-corrected chi connectivity index (χ1v) is 14.1. The highest BCUT2D eigenvalue weighted by Crippen LogP contribution is 2.46. The van der Waals surface area contributed by atoms with E-state index in [1.165, 1.54) is 58.9 Å². The molecule has 0 N–H and O–H groups in total. The van der Waals surface area contributed by atoms with Gasteiger partial charge < -0.3 is 4.57 Å². The number of fused-ring (bicyclic) bond motifs is 8. The van der Waals surface area contributed by atoms with Gasteiger partial charge in [0.1, 0.15) is 11.6 Å². The SMILES string of the molecule is C1=CC2=[N+](c3cccc(-c4cccnc4)c3)c3cccc4c5cc6c(cc5n(c34)C2C=C1)sc1ccccc16. The number of aromatic nitrogens is 2. The standard InChI is InChI=1S/C35H22N3S/c1-4-16-33-25(11-1)28-19-27-26-12-6-15-31-35(26)38(32(27)20-34(28)39-33)30-14-3-2-13-29(30)37(31)24-10-5-8-22(18-24)23-9-7-17-36-21-23/h1-21,30H/q+1. The van der Waals surface area contributed by atoms with Crippen molar-refractivity contribution in [3.8, 4) is 11.1 Å². The van der Waals surface area contributed by atoms with E-state index in [9.17, 15) is 0 Å². The fourth-order valence-electron chi connectivity index (χ4n) is 6.50. The van der Waals surface area contributed by atoms with Crippen molar-refractivity contribution < 1.29 is 0 Å². The van der Waals surface area contributed by atoms with Gasteiger partial charge in [0, 0.05) is 73.2 Å². The van der Waals surface area contributed by atoms with Gasteiger partial charge in [-0.1, -0.05) is 66.8 Å². The monoisotopic (exact) mass is 516 g/mol. The zero-order chi connectivity index (χ0) is 25.5.